The Bertz CT molecular complexity index is 1210. The summed E-state index contributed by atoms with van der Waals surface area (Å²) >= 11 is -2.66. The molecule has 1 unspecified atom stereocenters. The first-order valence-corrected chi connectivity index (χ1v) is 9.68. The summed E-state index contributed by atoms with van der Waals surface area (Å²) in [6.07, 6.45) is 0. The van der Waals surface area contributed by atoms with Gasteiger partial charge in [-0.1, -0.05) is 42.5 Å². The van der Waals surface area contributed by atoms with Crippen LogP contribution in [0.4, 0.5) is 17.1 Å². The van der Waals surface area contributed by atoms with E-state index in [4.69, 9.17) is 14.5 Å². The van der Waals surface area contributed by atoms with Gasteiger partial charge < -0.3 is 15.2 Å². The molecule has 1 aliphatic carbocycles. The first-order chi connectivity index (χ1) is 13.9. The van der Waals surface area contributed by atoms with E-state index >= 15 is 0 Å². The van der Waals surface area contributed by atoms with E-state index in [1.165, 1.54) is 6.07 Å². The third kappa shape index (κ3) is 3.18. The molecule has 0 aromatic heterocycles. The predicted molar refractivity (Wildman–Crippen MR) is 110 cm³/mol. The van der Waals surface area contributed by atoms with Gasteiger partial charge in [-0.3, -0.25) is 14.1 Å². The molecule has 3 aromatic rings. The predicted octanol–water partition coefficient (Wildman–Crippen LogP) is 3.61. The Hall–Kier alpha value is -3.49. The number of hydrogen-bond acceptors (Lipinski definition) is 6. The summed E-state index contributed by atoms with van der Waals surface area (Å²) < 4.78 is 25.3. The van der Waals surface area contributed by atoms with Crippen LogP contribution in [-0.2, 0) is 11.4 Å². The van der Waals surface area contributed by atoms with Crippen molar-refractivity contribution in [2.24, 2.45) is 0 Å². The average Bonchev–Trinajstić information content (AvgIpc) is 2.69. The first kappa shape index (κ1) is 18.9. The molecule has 29 heavy (non-hydrogen) atoms. The van der Waals surface area contributed by atoms with Gasteiger partial charge in [0.05, 0.1) is 22.5 Å². The van der Waals surface area contributed by atoms with E-state index in [9.17, 15) is 13.8 Å². The van der Waals surface area contributed by atoms with Crippen molar-refractivity contribution in [2.75, 3.05) is 11.1 Å². The van der Waals surface area contributed by atoms with Crippen LogP contribution in [0, 0.1) is 6.92 Å². The molecule has 0 aliphatic heterocycles. The van der Waals surface area contributed by atoms with E-state index in [1.807, 2.05) is 31.2 Å². The molecule has 0 heterocycles. The quantitative estimate of drug-likeness (QED) is 0.349. The monoisotopic (exact) mass is 408 g/mol. The second-order valence-corrected chi connectivity index (χ2v) is 7.13. The molecule has 0 radical (unpaired) electrons. The molecule has 3 aromatic carbocycles. The highest BCUT2D eigenvalue weighted by Gasteiger charge is 2.35. The molecule has 0 fully saturated rings. The van der Waals surface area contributed by atoms with Crippen molar-refractivity contribution >= 4 is 40.0 Å². The summed E-state index contributed by atoms with van der Waals surface area (Å²) in [5, 5.41) is 3.13. The largest absolute Gasteiger partial charge is 0.395 e. The Balaban J connectivity index is 1.98. The van der Waals surface area contributed by atoms with Gasteiger partial charge in [0.1, 0.15) is 0 Å². The van der Waals surface area contributed by atoms with Crippen molar-refractivity contribution in [2.45, 2.75) is 6.92 Å². The second kappa shape index (κ2) is 7.16. The zero-order chi connectivity index (χ0) is 20.7. The summed E-state index contributed by atoms with van der Waals surface area (Å²) in [7, 11) is 0. The molecule has 8 heteroatoms. The SMILES string of the molecule is Cc1ccccc1Nc1cc(OS(=O)O)c(N)c2c1C(=O)c1ccccc1C2=O. The molecule has 146 valence electrons. The minimum atomic E-state index is -2.66. The van der Waals surface area contributed by atoms with Gasteiger partial charge in [-0.15, -0.1) is 0 Å². The number of rotatable bonds is 4. The van der Waals surface area contributed by atoms with Gasteiger partial charge in [-0.2, -0.15) is 4.21 Å². The lowest BCUT2D eigenvalue weighted by molar-refractivity contribution is 0.0980. The maximum atomic E-state index is 13.2. The van der Waals surface area contributed by atoms with Gasteiger partial charge in [0.2, 0.25) is 0 Å². The van der Waals surface area contributed by atoms with Gasteiger partial charge in [0.15, 0.2) is 17.3 Å². The molecule has 0 spiro atoms. The van der Waals surface area contributed by atoms with Crippen LogP contribution < -0.4 is 15.2 Å². The van der Waals surface area contributed by atoms with Crippen LogP contribution in [0.3, 0.4) is 0 Å². The molecule has 7 nitrogen and oxygen atoms in total. The topological polar surface area (TPSA) is 119 Å². The Labute approximate surface area is 169 Å². The van der Waals surface area contributed by atoms with E-state index in [0.29, 0.717) is 5.69 Å². The number of carbonyl (C=O) groups excluding carboxylic acids is 2. The fourth-order valence-electron chi connectivity index (χ4n) is 3.40. The van der Waals surface area contributed by atoms with Crippen LogP contribution in [0.15, 0.2) is 54.6 Å². The minimum absolute atomic E-state index is 0.0484. The van der Waals surface area contributed by atoms with Gasteiger partial charge in [-0.05, 0) is 18.6 Å². The molecule has 0 amide bonds. The number of aryl methyl sites for hydroxylation is 1. The standard InChI is InChI=1S/C21H16N2O5S/c1-11-6-2-5-9-14(11)23-15-10-16(28-29(26)27)19(22)18-17(15)20(24)12-7-3-4-8-13(12)21(18)25/h2-10,23H,22H2,1H3,(H,26,27). The van der Waals surface area contributed by atoms with Gasteiger partial charge >= 0.3 is 11.4 Å². The minimum Gasteiger partial charge on any atom is -0.395 e. The van der Waals surface area contributed by atoms with E-state index in [2.05, 4.69) is 5.32 Å². The van der Waals surface area contributed by atoms with Crippen LogP contribution in [0.25, 0.3) is 0 Å². The number of nitrogens with two attached hydrogens (primary N) is 1. The zero-order valence-electron chi connectivity index (χ0n) is 15.3. The van der Waals surface area contributed by atoms with E-state index in [1.54, 1.807) is 24.3 Å². The first-order valence-electron chi connectivity index (χ1n) is 8.65. The highest BCUT2D eigenvalue weighted by Crippen LogP contribution is 2.42. The van der Waals surface area contributed by atoms with Crippen LogP contribution in [0.1, 0.15) is 37.4 Å². The maximum Gasteiger partial charge on any atom is 0.357 e. The number of benzene rings is 3. The van der Waals surface area contributed by atoms with Crippen molar-refractivity contribution in [3.05, 3.63) is 82.4 Å². The lowest BCUT2D eigenvalue weighted by Gasteiger charge is -2.24. The van der Waals surface area contributed by atoms with E-state index < -0.39 is 17.1 Å². The van der Waals surface area contributed by atoms with Crippen molar-refractivity contribution in [3.63, 3.8) is 0 Å². The molecule has 4 N–H and O–H groups in total. The van der Waals surface area contributed by atoms with Crippen LogP contribution in [-0.4, -0.2) is 20.3 Å². The molecule has 0 saturated carbocycles. The lowest BCUT2D eigenvalue weighted by atomic mass is 9.82. The summed E-state index contributed by atoms with van der Waals surface area (Å²) in [5.41, 5.74) is 8.34. The van der Waals surface area contributed by atoms with Crippen LogP contribution in [0.5, 0.6) is 5.75 Å². The molecular weight excluding hydrogens is 392 g/mol. The second-order valence-electron chi connectivity index (χ2n) is 6.53. The molecule has 0 saturated heterocycles. The van der Waals surface area contributed by atoms with E-state index in [0.717, 1.165) is 5.56 Å². The number of anilines is 3. The summed E-state index contributed by atoms with van der Waals surface area (Å²) in [6, 6.07) is 15.2. The van der Waals surface area contributed by atoms with Crippen LogP contribution >= 0.6 is 0 Å². The highest BCUT2D eigenvalue weighted by atomic mass is 32.2. The van der Waals surface area contributed by atoms with Gasteiger partial charge in [-0.25, -0.2) is 0 Å². The fraction of sp³-hybridized carbons (Fsp3) is 0.0476. The van der Waals surface area contributed by atoms with Crippen molar-refractivity contribution in [1.82, 2.24) is 0 Å². The molecule has 1 atom stereocenters. The smallest absolute Gasteiger partial charge is 0.357 e. The van der Waals surface area contributed by atoms with E-state index in [-0.39, 0.29) is 45.2 Å². The zero-order valence-corrected chi connectivity index (χ0v) is 16.1. The van der Waals surface area contributed by atoms with Crippen molar-refractivity contribution in [3.8, 4) is 5.75 Å². The normalized spacial score (nSPS) is 13.4. The Morgan fingerprint density at radius 3 is 2.14 bits per heavy atom. The fourth-order valence-corrected chi connectivity index (χ4v) is 3.69. The summed E-state index contributed by atoms with van der Waals surface area (Å²) in [5.74, 6) is -0.981. The van der Waals surface area contributed by atoms with Gasteiger partial charge in [0, 0.05) is 22.9 Å². The number of nitrogens with one attached hydrogen (secondary N) is 1. The lowest BCUT2D eigenvalue weighted by Crippen LogP contribution is -2.24. The van der Waals surface area contributed by atoms with Crippen LogP contribution in [0.2, 0.25) is 0 Å². The summed E-state index contributed by atoms with van der Waals surface area (Å²) in [6.45, 7) is 1.88. The number of ketones is 2. The molecule has 0 bridgehead atoms. The molecular formula is C21H16N2O5S. The maximum absolute atomic E-state index is 13.2. The van der Waals surface area contributed by atoms with Crippen molar-refractivity contribution < 1.29 is 22.5 Å². The Kier molecular flexibility index (Phi) is 4.65. The highest BCUT2D eigenvalue weighted by molar-refractivity contribution is 7.74. The van der Waals surface area contributed by atoms with Crippen molar-refractivity contribution in [1.29, 1.82) is 0 Å². The third-order valence-corrected chi connectivity index (χ3v) is 5.10. The number of para-hydroxylation sites is 1. The Morgan fingerprint density at radius 1 is 0.931 bits per heavy atom. The number of hydrogen-bond donors (Lipinski definition) is 3. The number of fused-ring (bicyclic) bond motifs is 2. The third-order valence-electron chi connectivity index (χ3n) is 4.78. The molecule has 4 rings (SSSR count). The van der Waals surface area contributed by atoms with Gasteiger partial charge in [0.25, 0.3) is 0 Å². The summed E-state index contributed by atoms with van der Waals surface area (Å²) in [4.78, 5) is 26.4. The number of nitrogen functional groups attached to an aromatic ring is 1. The molecule has 1 aliphatic rings. The Morgan fingerprint density at radius 2 is 1.52 bits per heavy atom. The number of carbonyl (C=O) groups is 2. The average molecular weight is 408 g/mol.